The van der Waals surface area contributed by atoms with Crippen LogP contribution >= 0.6 is 0 Å². The molecule has 2 N–H and O–H groups in total. The summed E-state index contributed by atoms with van der Waals surface area (Å²) in [5.41, 5.74) is 2.76. The number of anilines is 1. The highest BCUT2D eigenvalue weighted by Crippen LogP contribution is 2.40. The van der Waals surface area contributed by atoms with Crippen molar-refractivity contribution < 1.29 is 31.9 Å². The number of carbonyl (C=O) groups is 2. The third kappa shape index (κ3) is 4.90. The topological polar surface area (TPSA) is 105 Å². The highest BCUT2D eigenvalue weighted by atomic mass is 32.2. The van der Waals surface area contributed by atoms with Crippen molar-refractivity contribution in [1.82, 2.24) is 4.57 Å². The summed E-state index contributed by atoms with van der Waals surface area (Å²) in [4.78, 5) is 24.1. The molecule has 0 saturated heterocycles. The second-order valence-corrected chi connectivity index (χ2v) is 11.5. The van der Waals surface area contributed by atoms with Crippen molar-refractivity contribution in [1.29, 1.82) is 0 Å². The molecule has 1 heterocycles. The van der Waals surface area contributed by atoms with Gasteiger partial charge in [-0.05, 0) is 48.1 Å². The van der Waals surface area contributed by atoms with Crippen LogP contribution in [0, 0.1) is 24.0 Å². The summed E-state index contributed by atoms with van der Waals surface area (Å²) in [5.74, 6) is -3.24. The molecular weight excluding hydrogens is 490 g/mol. The highest BCUT2D eigenvalue weighted by Gasteiger charge is 2.37. The van der Waals surface area contributed by atoms with E-state index >= 15 is 0 Å². The first-order valence-corrected chi connectivity index (χ1v) is 12.8. The van der Waals surface area contributed by atoms with E-state index in [4.69, 9.17) is 0 Å². The molecular formula is C26H26F2N2O5S. The van der Waals surface area contributed by atoms with Crippen LogP contribution in [0.4, 0.5) is 14.5 Å². The lowest BCUT2D eigenvalue weighted by Gasteiger charge is -2.30. The van der Waals surface area contributed by atoms with E-state index in [1.807, 2.05) is 13.8 Å². The van der Waals surface area contributed by atoms with E-state index in [1.165, 1.54) is 6.07 Å². The van der Waals surface area contributed by atoms with Gasteiger partial charge in [0.25, 0.3) is 10.0 Å². The quantitative estimate of drug-likeness (QED) is 0.473. The van der Waals surface area contributed by atoms with Gasteiger partial charge in [-0.2, -0.15) is 0 Å². The fraction of sp³-hybridized carbons (Fsp3) is 0.308. The van der Waals surface area contributed by atoms with Crippen LogP contribution in [0.2, 0.25) is 0 Å². The Morgan fingerprint density at radius 1 is 1.14 bits per heavy atom. The van der Waals surface area contributed by atoms with Gasteiger partial charge in [-0.25, -0.2) is 17.2 Å². The Morgan fingerprint density at radius 2 is 1.83 bits per heavy atom. The van der Waals surface area contributed by atoms with Crippen LogP contribution in [0.5, 0.6) is 0 Å². The molecule has 0 amide bonds. The number of fused-ring (bicyclic) bond motifs is 1. The monoisotopic (exact) mass is 516 g/mol. The number of sulfonamides is 1. The Balaban J connectivity index is 1.77. The van der Waals surface area contributed by atoms with E-state index in [0.717, 1.165) is 12.1 Å². The number of hydrogen-bond donors (Lipinski definition) is 2. The Kier molecular flexibility index (Phi) is 6.51. The molecule has 0 aliphatic heterocycles. The van der Waals surface area contributed by atoms with E-state index in [0.29, 0.717) is 47.0 Å². The molecule has 1 aromatic heterocycles. The molecule has 0 radical (unpaired) electrons. The van der Waals surface area contributed by atoms with Gasteiger partial charge >= 0.3 is 5.97 Å². The van der Waals surface area contributed by atoms with Crippen LogP contribution in [0.1, 0.15) is 53.1 Å². The number of nitrogens with zero attached hydrogens (tertiary/aromatic N) is 1. The lowest BCUT2D eigenvalue weighted by atomic mass is 9.75. The number of benzene rings is 2. The van der Waals surface area contributed by atoms with Crippen LogP contribution < -0.4 is 4.72 Å². The van der Waals surface area contributed by atoms with E-state index in [9.17, 15) is 31.9 Å². The van der Waals surface area contributed by atoms with E-state index in [1.54, 1.807) is 29.7 Å². The Hall–Kier alpha value is -3.53. The van der Waals surface area contributed by atoms with E-state index in [2.05, 4.69) is 4.72 Å². The van der Waals surface area contributed by atoms with Gasteiger partial charge in [-0.3, -0.25) is 14.3 Å². The molecule has 1 aliphatic carbocycles. The predicted molar refractivity (Wildman–Crippen MR) is 130 cm³/mol. The minimum atomic E-state index is -4.38. The van der Waals surface area contributed by atoms with Gasteiger partial charge < -0.3 is 9.67 Å². The zero-order valence-electron chi connectivity index (χ0n) is 20.1. The van der Waals surface area contributed by atoms with Crippen molar-refractivity contribution in [2.45, 2.75) is 51.5 Å². The summed E-state index contributed by atoms with van der Waals surface area (Å²) >= 11 is 0. The number of carboxylic acid groups (broad SMARTS) is 1. The zero-order chi connectivity index (χ0) is 26.4. The predicted octanol–water partition coefficient (Wildman–Crippen LogP) is 4.71. The van der Waals surface area contributed by atoms with Crippen molar-refractivity contribution in [3.05, 3.63) is 82.2 Å². The van der Waals surface area contributed by atoms with E-state index < -0.39 is 32.5 Å². The van der Waals surface area contributed by atoms with Crippen molar-refractivity contribution in [3.63, 3.8) is 0 Å². The van der Waals surface area contributed by atoms with Gasteiger partial charge in [-0.15, -0.1) is 0 Å². The molecule has 0 spiro atoms. The molecule has 0 saturated carbocycles. The number of nitrogens with one attached hydrogen (secondary N) is 1. The number of hydrogen-bond acceptors (Lipinski definition) is 4. The number of Topliss-reactive ketones (excluding diaryl/α,β-unsaturated/α-hetero) is 1. The molecule has 2 aromatic carbocycles. The third-order valence-electron chi connectivity index (χ3n) is 6.43. The van der Waals surface area contributed by atoms with Gasteiger partial charge in [0.15, 0.2) is 5.78 Å². The molecule has 7 nitrogen and oxygen atoms in total. The first-order chi connectivity index (χ1) is 16.8. The first-order valence-electron chi connectivity index (χ1n) is 11.3. The molecule has 0 bridgehead atoms. The summed E-state index contributed by atoms with van der Waals surface area (Å²) in [6.45, 7) is 5.37. The SMILES string of the molecule is Cc1c(Cc2ccccc2NS(=O)(=O)c2ccc(F)cc2F)c2c(n1CC(=O)O)CC(C)(C)CC2=O. The Labute approximate surface area is 207 Å². The lowest BCUT2D eigenvalue weighted by Crippen LogP contribution is -2.29. The third-order valence-corrected chi connectivity index (χ3v) is 7.83. The second-order valence-electron chi connectivity index (χ2n) is 9.82. The fourth-order valence-electron chi connectivity index (χ4n) is 4.83. The minimum Gasteiger partial charge on any atom is -0.480 e. The first kappa shape index (κ1) is 25.6. The highest BCUT2D eigenvalue weighted by molar-refractivity contribution is 7.92. The summed E-state index contributed by atoms with van der Waals surface area (Å²) < 4.78 is 57.3. The van der Waals surface area contributed by atoms with Gasteiger partial charge in [-0.1, -0.05) is 32.0 Å². The van der Waals surface area contributed by atoms with Crippen LogP contribution in [-0.4, -0.2) is 29.8 Å². The molecule has 36 heavy (non-hydrogen) atoms. The maximum absolute atomic E-state index is 14.2. The van der Waals surface area contributed by atoms with Crippen molar-refractivity contribution >= 4 is 27.5 Å². The summed E-state index contributed by atoms with van der Waals surface area (Å²) in [7, 11) is -4.38. The van der Waals surface area contributed by atoms with Gasteiger partial charge in [0, 0.05) is 35.9 Å². The standard InChI is InChI=1S/C26H26F2N2O5S/c1-15-18(25-21(30(15)14-24(32)33)12-26(2,3)13-22(25)31)10-16-6-4-5-7-20(16)29-36(34,35)23-9-8-17(27)11-19(23)28/h4-9,11,29H,10,12-14H2,1-3H3,(H,32,33). The van der Waals surface area contributed by atoms with Crippen LogP contribution in [0.3, 0.4) is 0 Å². The smallest absolute Gasteiger partial charge is 0.323 e. The molecule has 190 valence electrons. The zero-order valence-corrected chi connectivity index (χ0v) is 20.9. The van der Waals surface area contributed by atoms with Crippen molar-refractivity contribution in [3.8, 4) is 0 Å². The molecule has 1 aliphatic rings. The lowest BCUT2D eigenvalue weighted by molar-refractivity contribution is -0.137. The van der Waals surface area contributed by atoms with Gasteiger partial charge in [0.1, 0.15) is 23.1 Å². The number of aromatic nitrogens is 1. The normalized spacial score (nSPS) is 15.0. The maximum Gasteiger partial charge on any atom is 0.323 e. The molecule has 0 unspecified atom stereocenters. The van der Waals surface area contributed by atoms with Crippen molar-refractivity contribution in [2.75, 3.05) is 4.72 Å². The molecule has 0 atom stereocenters. The maximum atomic E-state index is 14.2. The van der Waals surface area contributed by atoms with E-state index in [-0.39, 0.29) is 29.9 Å². The molecule has 10 heteroatoms. The summed E-state index contributed by atoms with van der Waals surface area (Å²) in [5, 5.41) is 9.47. The van der Waals surface area contributed by atoms with Crippen LogP contribution in [0.15, 0.2) is 47.4 Å². The van der Waals surface area contributed by atoms with Crippen LogP contribution in [0.25, 0.3) is 0 Å². The largest absolute Gasteiger partial charge is 0.480 e. The number of rotatable bonds is 7. The van der Waals surface area contributed by atoms with Gasteiger partial charge in [0.05, 0.1) is 5.69 Å². The average Bonchev–Trinajstić information content (AvgIpc) is 2.99. The average molecular weight is 517 g/mol. The number of ketones is 1. The van der Waals surface area contributed by atoms with Crippen molar-refractivity contribution in [2.24, 2.45) is 5.41 Å². The number of carbonyl (C=O) groups excluding carboxylic acids is 1. The Morgan fingerprint density at radius 3 is 2.50 bits per heavy atom. The minimum absolute atomic E-state index is 0.0880. The molecule has 0 fully saturated rings. The summed E-state index contributed by atoms with van der Waals surface area (Å²) in [6, 6.07) is 8.70. The fourth-order valence-corrected chi connectivity index (χ4v) is 5.99. The molecule has 4 rings (SSSR count). The number of halogens is 2. The number of para-hydroxylation sites is 1. The second kappa shape index (κ2) is 9.16. The van der Waals surface area contributed by atoms with Crippen LogP contribution in [-0.2, 0) is 34.2 Å². The summed E-state index contributed by atoms with van der Waals surface area (Å²) in [6.07, 6.45) is 0.986. The number of carboxylic acids is 1. The van der Waals surface area contributed by atoms with Gasteiger partial charge in [0.2, 0.25) is 0 Å². The Bertz CT molecular complexity index is 1490. The number of aliphatic carboxylic acids is 1. The molecule has 3 aromatic rings.